The van der Waals surface area contributed by atoms with Crippen molar-refractivity contribution < 1.29 is 43.1 Å². The normalized spacial score (nSPS) is 25.8. The first-order valence-corrected chi connectivity index (χ1v) is 16.2. The Morgan fingerprint density at radius 3 is 2.27 bits per heavy atom. The van der Waals surface area contributed by atoms with Gasteiger partial charge >= 0.3 is 12.1 Å². The summed E-state index contributed by atoms with van der Waals surface area (Å²) in [5.41, 5.74) is 13.5. The second-order valence-electron chi connectivity index (χ2n) is 13.2. The molecule has 0 unspecified atom stereocenters. The summed E-state index contributed by atoms with van der Waals surface area (Å²) in [6.07, 6.45) is -7.05. The number of hydrogen-bond donors (Lipinski definition) is 2. The van der Waals surface area contributed by atoms with Crippen LogP contribution in [0.15, 0.2) is 84.0 Å². The highest BCUT2D eigenvalue weighted by Crippen LogP contribution is 2.44. The molecule has 8 atom stereocenters. The molecule has 0 bridgehead atoms. The Bertz CT molecular complexity index is 1650. The summed E-state index contributed by atoms with van der Waals surface area (Å²) in [4.78, 5) is 29.6. The van der Waals surface area contributed by atoms with E-state index in [2.05, 4.69) is 15.3 Å². The molecule has 0 spiro atoms. The van der Waals surface area contributed by atoms with Gasteiger partial charge in [-0.05, 0) is 55.5 Å². The summed E-state index contributed by atoms with van der Waals surface area (Å²) < 4.78 is 35.5. The molecule has 3 aliphatic rings. The third-order valence-electron chi connectivity index (χ3n) is 8.69. The van der Waals surface area contributed by atoms with Crippen LogP contribution in [0.1, 0.15) is 56.6 Å². The highest BCUT2D eigenvalue weighted by molar-refractivity contribution is 5.82. The lowest BCUT2D eigenvalue weighted by Gasteiger charge is -2.47. The zero-order valence-corrected chi connectivity index (χ0v) is 27.7. The summed E-state index contributed by atoms with van der Waals surface area (Å²) in [7, 11) is 0. The van der Waals surface area contributed by atoms with Crippen LogP contribution in [-0.2, 0) is 33.2 Å². The largest absolute Gasteiger partial charge is 0.458 e. The van der Waals surface area contributed by atoms with Crippen LogP contribution in [0.3, 0.4) is 0 Å². The molecule has 49 heavy (non-hydrogen) atoms. The third-order valence-corrected chi connectivity index (χ3v) is 8.69. The Labute approximate surface area is 284 Å². The molecule has 6 rings (SSSR count). The van der Waals surface area contributed by atoms with E-state index in [9.17, 15) is 20.2 Å². The van der Waals surface area contributed by atoms with Gasteiger partial charge < -0.3 is 38.8 Å². The number of esters is 1. The number of carbonyl (C=O) groups excluding carboxylic acids is 2. The fourth-order valence-corrected chi connectivity index (χ4v) is 6.44. The van der Waals surface area contributed by atoms with E-state index in [0.29, 0.717) is 0 Å². The summed E-state index contributed by atoms with van der Waals surface area (Å²) in [5, 5.41) is 17.7. The predicted octanol–water partition coefficient (Wildman–Crippen LogP) is 5.52. The van der Waals surface area contributed by atoms with Crippen molar-refractivity contribution in [3.63, 3.8) is 0 Å². The molecule has 2 N–H and O–H groups in total. The SMILES string of the molecule is C[C@@H](O[C@H]1O[C@@H]2CO[C@@H](c3ccccc3)O[C@@H]2[C@H](O)[C@H]1N=[N+]=[N-])[C@H](NC(=O)OCC1c2ccccc2-c2ccccc21)C(=O)OC(C)(C)C. The Morgan fingerprint density at radius 2 is 1.63 bits per heavy atom. The average molecular weight is 673 g/mol. The van der Waals surface area contributed by atoms with Gasteiger partial charge in [0.05, 0.1) is 18.8 Å². The van der Waals surface area contributed by atoms with Crippen LogP contribution in [0.25, 0.3) is 21.6 Å². The Hall–Kier alpha value is -4.49. The molecule has 0 radical (unpaired) electrons. The lowest BCUT2D eigenvalue weighted by molar-refractivity contribution is -0.346. The topological polar surface area (TPSA) is 171 Å². The molecule has 2 heterocycles. The highest BCUT2D eigenvalue weighted by atomic mass is 16.7. The van der Waals surface area contributed by atoms with Gasteiger partial charge in [-0.1, -0.05) is 84.0 Å². The minimum Gasteiger partial charge on any atom is -0.458 e. The second kappa shape index (κ2) is 14.6. The molecular formula is C36H40N4O9. The van der Waals surface area contributed by atoms with Gasteiger partial charge in [0, 0.05) is 16.4 Å². The van der Waals surface area contributed by atoms with Crippen molar-refractivity contribution in [2.24, 2.45) is 5.11 Å². The van der Waals surface area contributed by atoms with Crippen LogP contribution in [0.5, 0.6) is 0 Å². The summed E-state index contributed by atoms with van der Waals surface area (Å²) >= 11 is 0. The van der Waals surface area contributed by atoms with Gasteiger partial charge in [0.1, 0.15) is 30.5 Å². The zero-order chi connectivity index (χ0) is 34.7. The molecule has 258 valence electrons. The van der Waals surface area contributed by atoms with Crippen molar-refractivity contribution in [2.45, 2.75) is 88.3 Å². The van der Waals surface area contributed by atoms with Gasteiger partial charge in [0.2, 0.25) is 0 Å². The fourth-order valence-electron chi connectivity index (χ4n) is 6.44. The van der Waals surface area contributed by atoms with Crippen LogP contribution in [0.2, 0.25) is 0 Å². The Balaban J connectivity index is 1.15. The van der Waals surface area contributed by atoms with Gasteiger partial charge in [-0.2, -0.15) is 0 Å². The van der Waals surface area contributed by atoms with E-state index < -0.39 is 66.7 Å². The number of amides is 1. The molecule has 2 aliphatic heterocycles. The third kappa shape index (κ3) is 7.57. The minimum absolute atomic E-state index is 0.0278. The number of carbonyl (C=O) groups is 2. The number of ether oxygens (including phenoxy) is 6. The van der Waals surface area contributed by atoms with E-state index >= 15 is 0 Å². The van der Waals surface area contributed by atoms with Crippen molar-refractivity contribution in [1.29, 1.82) is 0 Å². The Morgan fingerprint density at radius 1 is 1.00 bits per heavy atom. The van der Waals surface area contributed by atoms with Crippen molar-refractivity contribution >= 4 is 12.1 Å². The smallest absolute Gasteiger partial charge is 0.407 e. The maximum absolute atomic E-state index is 13.5. The number of alkyl carbamates (subject to hydrolysis) is 1. The first-order valence-electron chi connectivity index (χ1n) is 16.2. The first-order chi connectivity index (χ1) is 23.5. The lowest BCUT2D eigenvalue weighted by Crippen LogP contribution is -2.63. The number of aliphatic hydroxyl groups is 1. The van der Waals surface area contributed by atoms with Crippen LogP contribution >= 0.6 is 0 Å². The van der Waals surface area contributed by atoms with Crippen LogP contribution in [0, 0.1) is 0 Å². The molecule has 2 saturated heterocycles. The van der Waals surface area contributed by atoms with E-state index in [1.807, 2.05) is 78.9 Å². The standard InChI is InChI=1S/C36H40N4O9/c1-20(46-34-29(39-40-37)30(41)31-27(47-34)19-44-33(48-31)21-12-6-5-7-13-21)28(32(42)49-36(2,3)4)38-35(43)45-18-26-24-16-10-8-14-22(24)23-15-9-11-17-25(23)26/h5-17,20,26-31,33-34,41H,18-19H2,1-4H3,(H,38,43)/t20-,27-,28+,29-,30-,31+,33-,34+/m1/s1. The van der Waals surface area contributed by atoms with Crippen LogP contribution in [0.4, 0.5) is 4.79 Å². The monoisotopic (exact) mass is 672 g/mol. The first kappa shape index (κ1) is 34.4. The van der Waals surface area contributed by atoms with Crippen molar-refractivity contribution in [3.05, 3.63) is 106 Å². The van der Waals surface area contributed by atoms with E-state index in [0.717, 1.165) is 27.8 Å². The number of hydrogen-bond acceptors (Lipinski definition) is 10. The molecule has 1 amide bonds. The van der Waals surface area contributed by atoms with Crippen molar-refractivity contribution in [1.82, 2.24) is 5.32 Å². The number of fused-ring (bicyclic) bond motifs is 4. The van der Waals surface area contributed by atoms with E-state index in [1.54, 1.807) is 20.8 Å². The molecule has 3 aromatic rings. The second-order valence-corrected chi connectivity index (χ2v) is 13.2. The van der Waals surface area contributed by atoms with Crippen LogP contribution < -0.4 is 5.32 Å². The van der Waals surface area contributed by atoms with Gasteiger partial charge in [0.15, 0.2) is 18.6 Å². The summed E-state index contributed by atoms with van der Waals surface area (Å²) in [6.45, 7) is 6.71. The zero-order valence-electron chi connectivity index (χ0n) is 27.7. The number of nitrogens with zero attached hydrogens (tertiary/aromatic N) is 3. The van der Waals surface area contributed by atoms with Crippen molar-refractivity contribution in [2.75, 3.05) is 13.2 Å². The maximum Gasteiger partial charge on any atom is 0.407 e. The number of nitrogens with one attached hydrogen (secondary N) is 1. The van der Waals surface area contributed by atoms with E-state index in [1.165, 1.54) is 6.92 Å². The number of rotatable bonds is 9. The lowest BCUT2D eigenvalue weighted by atomic mass is 9.96. The van der Waals surface area contributed by atoms with E-state index in [-0.39, 0.29) is 19.1 Å². The van der Waals surface area contributed by atoms with Crippen molar-refractivity contribution in [3.8, 4) is 11.1 Å². The van der Waals surface area contributed by atoms with Gasteiger partial charge in [0.25, 0.3) is 0 Å². The Kier molecular flexibility index (Phi) is 10.2. The van der Waals surface area contributed by atoms with Gasteiger partial charge in [-0.25, -0.2) is 9.59 Å². The maximum atomic E-state index is 13.5. The van der Waals surface area contributed by atoms with E-state index in [4.69, 9.17) is 28.4 Å². The summed E-state index contributed by atoms with van der Waals surface area (Å²) in [6, 6.07) is 22.5. The molecular weight excluding hydrogens is 632 g/mol. The summed E-state index contributed by atoms with van der Waals surface area (Å²) in [5.74, 6) is -0.971. The molecule has 3 aromatic carbocycles. The average Bonchev–Trinajstić information content (AvgIpc) is 3.41. The molecule has 0 aromatic heterocycles. The molecule has 0 saturated carbocycles. The number of aliphatic hydroxyl groups excluding tert-OH is 1. The fraction of sp³-hybridized carbons (Fsp3) is 0.444. The van der Waals surface area contributed by atoms with Gasteiger partial charge in [-0.15, -0.1) is 0 Å². The number of azide groups is 1. The minimum atomic E-state index is -1.36. The molecule has 2 fully saturated rings. The number of benzene rings is 3. The molecule has 13 heteroatoms. The quantitative estimate of drug-likeness (QED) is 0.129. The highest BCUT2D eigenvalue weighted by Gasteiger charge is 2.50. The predicted molar refractivity (Wildman–Crippen MR) is 176 cm³/mol. The van der Waals surface area contributed by atoms with Gasteiger partial charge in [-0.3, -0.25) is 0 Å². The molecule has 13 nitrogen and oxygen atoms in total. The van der Waals surface area contributed by atoms with Crippen LogP contribution in [-0.4, -0.2) is 78.8 Å². The molecule has 1 aliphatic carbocycles.